The number of hydrogen-bond acceptors (Lipinski definition) is 0. The second-order valence-electron chi connectivity index (χ2n) is 12.1. The Bertz CT molecular complexity index is 2370. The van der Waals surface area contributed by atoms with Crippen LogP contribution in [-0.4, -0.2) is 0 Å². The lowest BCUT2D eigenvalue weighted by Crippen LogP contribution is -1.90. The molecule has 0 saturated heterocycles. The van der Waals surface area contributed by atoms with Crippen molar-refractivity contribution in [3.05, 3.63) is 205 Å². The van der Waals surface area contributed by atoms with Crippen LogP contribution < -0.4 is 0 Å². The van der Waals surface area contributed by atoms with E-state index in [4.69, 9.17) is 0 Å². The van der Waals surface area contributed by atoms with Crippen LogP contribution in [0.4, 0.5) is 0 Å². The molecule has 0 bridgehead atoms. The van der Waals surface area contributed by atoms with Crippen molar-refractivity contribution in [1.29, 1.82) is 0 Å². The molecule has 0 nitrogen and oxygen atoms in total. The summed E-state index contributed by atoms with van der Waals surface area (Å²) >= 11 is 0. The first-order chi connectivity index (χ1) is 23.3. The zero-order valence-corrected chi connectivity index (χ0v) is 26.2. The summed E-state index contributed by atoms with van der Waals surface area (Å²) in [6.45, 7) is 0. The predicted octanol–water partition coefficient (Wildman–Crippen LogP) is 12.8. The lowest BCUT2D eigenvalue weighted by molar-refractivity contribution is 1.27. The minimum absolute atomic E-state index is 0.871. The van der Waals surface area contributed by atoms with Crippen molar-refractivity contribution in [3.63, 3.8) is 0 Å². The van der Waals surface area contributed by atoms with Crippen molar-refractivity contribution in [2.75, 3.05) is 0 Å². The first-order valence-electron chi connectivity index (χ1n) is 16.3. The molecule has 0 heterocycles. The van der Waals surface area contributed by atoms with E-state index in [0.717, 1.165) is 6.42 Å². The van der Waals surface area contributed by atoms with Gasteiger partial charge in [0.15, 0.2) is 0 Å². The smallest absolute Gasteiger partial charge is 0.00882 e. The molecule has 0 aliphatic heterocycles. The highest BCUT2D eigenvalue weighted by Crippen LogP contribution is 2.39. The van der Waals surface area contributed by atoms with Gasteiger partial charge in [-0.15, -0.1) is 0 Å². The summed E-state index contributed by atoms with van der Waals surface area (Å²) in [5.41, 5.74) is 9.81. The van der Waals surface area contributed by atoms with Gasteiger partial charge in [-0.05, 0) is 95.4 Å². The molecular weight excluding hydrogens is 565 g/mol. The topological polar surface area (TPSA) is 0 Å². The van der Waals surface area contributed by atoms with E-state index < -0.39 is 0 Å². The molecule has 0 aromatic heterocycles. The lowest BCUT2D eigenvalue weighted by Gasteiger charge is -2.15. The quantitative estimate of drug-likeness (QED) is 0.126. The molecule has 0 heteroatoms. The third-order valence-electron chi connectivity index (χ3n) is 9.14. The lowest BCUT2D eigenvalue weighted by atomic mass is 9.89. The van der Waals surface area contributed by atoms with Gasteiger partial charge in [-0.3, -0.25) is 0 Å². The molecule has 8 aromatic carbocycles. The largest absolute Gasteiger partial charge is 0.0723 e. The van der Waals surface area contributed by atoms with Gasteiger partial charge in [0.25, 0.3) is 0 Å². The Morgan fingerprint density at radius 2 is 0.936 bits per heavy atom. The summed E-state index contributed by atoms with van der Waals surface area (Å²) in [6, 6.07) is 63.6. The van der Waals surface area contributed by atoms with Gasteiger partial charge < -0.3 is 0 Å². The van der Waals surface area contributed by atoms with E-state index in [1.165, 1.54) is 76.8 Å². The van der Waals surface area contributed by atoms with E-state index in [2.05, 4.69) is 194 Å². The molecule has 0 atom stereocenters. The molecule has 0 aliphatic rings. The highest BCUT2D eigenvalue weighted by atomic mass is 14.2. The number of rotatable bonds is 7. The fraction of sp³-hybridized carbons (Fsp3) is 0.0213. The van der Waals surface area contributed by atoms with Crippen LogP contribution in [0.15, 0.2) is 188 Å². The molecule has 8 rings (SSSR count). The highest BCUT2D eigenvalue weighted by molar-refractivity contribution is 6.25. The number of hydrogen-bond donors (Lipinski definition) is 0. The van der Waals surface area contributed by atoms with Gasteiger partial charge in [0.2, 0.25) is 0 Å². The summed E-state index contributed by atoms with van der Waals surface area (Å²) in [5, 5.41) is 7.77. The van der Waals surface area contributed by atoms with Crippen LogP contribution >= 0.6 is 0 Å². The van der Waals surface area contributed by atoms with Crippen LogP contribution in [0.2, 0.25) is 0 Å². The number of allylic oxidation sites excluding steroid dienone is 3. The van der Waals surface area contributed by atoms with Gasteiger partial charge in [0, 0.05) is 0 Å². The molecule has 0 spiro atoms. The summed E-state index contributed by atoms with van der Waals surface area (Å²) in [6.07, 6.45) is 7.68. The molecule has 8 aromatic rings. The Kier molecular flexibility index (Phi) is 7.75. The van der Waals surface area contributed by atoms with Crippen LogP contribution in [0.3, 0.4) is 0 Å². The van der Waals surface area contributed by atoms with Crippen LogP contribution in [0.25, 0.3) is 66.2 Å². The van der Waals surface area contributed by atoms with E-state index in [0.29, 0.717) is 0 Å². The maximum absolute atomic E-state index is 2.39. The van der Waals surface area contributed by atoms with Gasteiger partial charge in [0.05, 0.1) is 0 Å². The Hall–Kier alpha value is -5.98. The average Bonchev–Trinajstić information content (AvgIpc) is 3.15. The fourth-order valence-corrected chi connectivity index (χ4v) is 6.80. The van der Waals surface area contributed by atoms with Crippen molar-refractivity contribution in [2.24, 2.45) is 0 Å². The second kappa shape index (κ2) is 12.8. The van der Waals surface area contributed by atoms with Crippen molar-refractivity contribution in [2.45, 2.75) is 6.42 Å². The SMILES string of the molecule is C(=C\c1ccccc1)/C(=C\Cc1ccccc1)c1cccc(-c2ccccc2-c2ccc3c4ccccc4c4ccccc4c3c2)c1. The molecule has 0 amide bonds. The Morgan fingerprint density at radius 3 is 1.60 bits per heavy atom. The van der Waals surface area contributed by atoms with Crippen molar-refractivity contribution < 1.29 is 0 Å². The van der Waals surface area contributed by atoms with Crippen LogP contribution in [0, 0.1) is 0 Å². The van der Waals surface area contributed by atoms with Gasteiger partial charge in [0.1, 0.15) is 0 Å². The predicted molar refractivity (Wildman–Crippen MR) is 203 cm³/mol. The molecule has 222 valence electrons. The van der Waals surface area contributed by atoms with Gasteiger partial charge in [-0.2, -0.15) is 0 Å². The maximum atomic E-state index is 2.39. The molecule has 0 fully saturated rings. The van der Waals surface area contributed by atoms with Crippen LogP contribution in [0.5, 0.6) is 0 Å². The maximum Gasteiger partial charge on any atom is -0.00882 e. The van der Waals surface area contributed by atoms with Gasteiger partial charge in [-0.25, -0.2) is 0 Å². The summed E-state index contributed by atoms with van der Waals surface area (Å²) in [7, 11) is 0. The average molecular weight is 599 g/mol. The van der Waals surface area contributed by atoms with E-state index in [1.807, 2.05) is 0 Å². The third-order valence-corrected chi connectivity index (χ3v) is 9.14. The van der Waals surface area contributed by atoms with E-state index in [-0.39, 0.29) is 0 Å². The Morgan fingerprint density at radius 1 is 0.404 bits per heavy atom. The number of fused-ring (bicyclic) bond motifs is 6. The third kappa shape index (κ3) is 5.78. The van der Waals surface area contributed by atoms with E-state index in [9.17, 15) is 0 Å². The van der Waals surface area contributed by atoms with Crippen LogP contribution in [-0.2, 0) is 6.42 Å². The van der Waals surface area contributed by atoms with Crippen LogP contribution in [0.1, 0.15) is 16.7 Å². The van der Waals surface area contributed by atoms with Gasteiger partial charge in [-0.1, -0.05) is 182 Å². The normalized spacial score (nSPS) is 12.0. The highest BCUT2D eigenvalue weighted by Gasteiger charge is 2.13. The summed E-state index contributed by atoms with van der Waals surface area (Å²) < 4.78 is 0. The van der Waals surface area contributed by atoms with E-state index in [1.54, 1.807) is 0 Å². The molecule has 0 radical (unpaired) electrons. The van der Waals surface area contributed by atoms with Crippen molar-refractivity contribution >= 4 is 44.0 Å². The first-order valence-corrected chi connectivity index (χ1v) is 16.3. The van der Waals surface area contributed by atoms with Gasteiger partial charge >= 0.3 is 0 Å². The van der Waals surface area contributed by atoms with E-state index >= 15 is 0 Å². The van der Waals surface area contributed by atoms with Crippen molar-refractivity contribution in [3.8, 4) is 22.3 Å². The second-order valence-corrected chi connectivity index (χ2v) is 12.1. The molecule has 0 saturated carbocycles. The standard InChI is InChI=1S/C47H34/c1-3-14-34(15-4-1)26-28-36(29-27-35-16-5-2-6-17-35)37-18-13-19-38(32-37)40-20-7-8-21-41(40)39-30-31-46-44-24-10-9-22-42(44)43-23-11-12-25-45(43)47(46)33-39/h1-26,28-33H,27H2/b28-26+,36-29+. The summed E-state index contributed by atoms with van der Waals surface area (Å²) in [4.78, 5) is 0. The minimum Gasteiger partial charge on any atom is -0.0723 e. The fourth-order valence-electron chi connectivity index (χ4n) is 6.80. The number of benzene rings is 8. The molecule has 0 N–H and O–H groups in total. The molecule has 47 heavy (non-hydrogen) atoms. The Balaban J connectivity index is 1.23. The molecule has 0 unspecified atom stereocenters. The van der Waals surface area contributed by atoms with Crippen molar-refractivity contribution in [1.82, 2.24) is 0 Å². The Labute approximate surface area is 276 Å². The zero-order chi connectivity index (χ0) is 31.4. The first kappa shape index (κ1) is 28.5. The monoisotopic (exact) mass is 598 g/mol. The minimum atomic E-state index is 0.871. The zero-order valence-electron chi connectivity index (χ0n) is 26.2. The molecule has 0 aliphatic carbocycles. The molecular formula is C47H34. The summed E-state index contributed by atoms with van der Waals surface area (Å²) in [5.74, 6) is 0.